The highest BCUT2D eigenvalue weighted by Gasteiger charge is 2.31. The third-order valence-electron chi connectivity index (χ3n) is 3.44. The van der Waals surface area contributed by atoms with E-state index in [4.69, 9.17) is 9.47 Å². The van der Waals surface area contributed by atoms with Crippen molar-refractivity contribution < 1.29 is 19.1 Å². The van der Waals surface area contributed by atoms with Crippen molar-refractivity contribution >= 4 is 34.6 Å². The van der Waals surface area contributed by atoms with Crippen LogP contribution in [-0.4, -0.2) is 36.9 Å². The molecule has 0 unspecified atom stereocenters. The second kappa shape index (κ2) is 7.35. The number of rotatable bonds is 6. The van der Waals surface area contributed by atoms with Gasteiger partial charge in [-0.25, -0.2) is 0 Å². The van der Waals surface area contributed by atoms with Gasteiger partial charge < -0.3 is 14.5 Å². The molecular weight excluding hydrogens is 302 g/mol. The molecule has 0 spiro atoms. The summed E-state index contributed by atoms with van der Waals surface area (Å²) in [6, 6.07) is 7.84. The number of nitrogens with one attached hydrogen (secondary N) is 1. The fraction of sp³-hybridized carbons (Fsp3) is 0.375. The van der Waals surface area contributed by atoms with Gasteiger partial charge in [0.2, 0.25) is 0 Å². The van der Waals surface area contributed by atoms with Crippen LogP contribution in [0.4, 0.5) is 0 Å². The summed E-state index contributed by atoms with van der Waals surface area (Å²) in [5, 5.41) is 1.98. The zero-order valence-corrected chi connectivity index (χ0v) is 13.7. The Morgan fingerprint density at radius 2 is 1.82 bits per heavy atom. The molecule has 5 nitrogen and oxygen atoms in total. The van der Waals surface area contributed by atoms with Crippen LogP contribution in [-0.2, 0) is 25.5 Å². The Labute approximate surface area is 133 Å². The predicted octanol–water partition coefficient (Wildman–Crippen LogP) is 2.78. The van der Waals surface area contributed by atoms with Crippen LogP contribution < -0.4 is 0 Å². The van der Waals surface area contributed by atoms with Gasteiger partial charge in [0, 0.05) is 10.9 Å². The molecule has 2 rings (SSSR count). The van der Waals surface area contributed by atoms with Gasteiger partial charge in [0.1, 0.15) is 0 Å². The van der Waals surface area contributed by atoms with Gasteiger partial charge in [-0.3, -0.25) is 9.59 Å². The Morgan fingerprint density at radius 1 is 1.18 bits per heavy atom. The van der Waals surface area contributed by atoms with Gasteiger partial charge in [-0.15, -0.1) is 11.8 Å². The van der Waals surface area contributed by atoms with Gasteiger partial charge >= 0.3 is 11.9 Å². The van der Waals surface area contributed by atoms with Crippen LogP contribution in [0.2, 0.25) is 0 Å². The third kappa shape index (κ3) is 3.27. The number of hydrogen-bond donors (Lipinski definition) is 1. The monoisotopic (exact) mass is 321 g/mol. The molecule has 0 aliphatic rings. The number of thioether (sulfide) groups is 1. The SMILES string of the molecule is CCSc1[nH]c2ccccc2c1CC(C(=O)OC)C(=O)OC. The number of carbonyl (C=O) groups excluding carboxylic acids is 2. The zero-order chi connectivity index (χ0) is 16.1. The molecule has 22 heavy (non-hydrogen) atoms. The number of H-pyrrole nitrogens is 1. The quantitative estimate of drug-likeness (QED) is 0.503. The average molecular weight is 321 g/mol. The molecule has 0 aliphatic heterocycles. The summed E-state index contributed by atoms with van der Waals surface area (Å²) in [5.74, 6) is -1.22. The third-order valence-corrected chi connectivity index (χ3v) is 4.37. The van der Waals surface area contributed by atoms with E-state index in [1.54, 1.807) is 11.8 Å². The van der Waals surface area contributed by atoms with Crippen molar-refractivity contribution in [3.05, 3.63) is 29.8 Å². The van der Waals surface area contributed by atoms with E-state index in [1.165, 1.54) is 14.2 Å². The molecule has 0 radical (unpaired) electrons. The highest BCUT2D eigenvalue weighted by molar-refractivity contribution is 7.99. The molecule has 2 aromatic rings. The van der Waals surface area contributed by atoms with Crippen molar-refractivity contribution in [3.63, 3.8) is 0 Å². The van der Waals surface area contributed by atoms with Gasteiger partial charge in [-0.1, -0.05) is 25.1 Å². The number of benzene rings is 1. The number of ether oxygens (including phenoxy) is 2. The highest BCUT2D eigenvalue weighted by atomic mass is 32.2. The minimum absolute atomic E-state index is 0.256. The summed E-state index contributed by atoms with van der Waals surface area (Å²) in [5.41, 5.74) is 1.94. The normalized spacial score (nSPS) is 10.9. The lowest BCUT2D eigenvalue weighted by molar-refractivity contribution is -0.158. The molecule has 1 heterocycles. The number of carbonyl (C=O) groups is 2. The first kappa shape index (κ1) is 16.4. The van der Waals surface area contributed by atoms with Gasteiger partial charge in [0.15, 0.2) is 5.92 Å². The van der Waals surface area contributed by atoms with Crippen LogP contribution in [0.1, 0.15) is 12.5 Å². The molecular formula is C16H19NO4S. The van der Waals surface area contributed by atoms with Crippen molar-refractivity contribution in [2.24, 2.45) is 5.92 Å². The fourth-order valence-corrected chi connectivity index (χ4v) is 3.24. The summed E-state index contributed by atoms with van der Waals surface area (Å²) >= 11 is 1.65. The molecule has 0 aliphatic carbocycles. The Kier molecular flexibility index (Phi) is 5.49. The van der Waals surface area contributed by atoms with Crippen LogP contribution in [0.5, 0.6) is 0 Å². The molecule has 0 saturated carbocycles. The summed E-state index contributed by atoms with van der Waals surface area (Å²) in [7, 11) is 2.55. The molecule has 1 aromatic heterocycles. The van der Waals surface area contributed by atoms with Gasteiger partial charge in [0.25, 0.3) is 0 Å². The van der Waals surface area contributed by atoms with E-state index in [-0.39, 0.29) is 6.42 Å². The number of esters is 2. The summed E-state index contributed by atoms with van der Waals surface area (Å²) in [4.78, 5) is 27.2. The van der Waals surface area contributed by atoms with E-state index in [2.05, 4.69) is 11.9 Å². The van der Waals surface area contributed by atoms with Crippen molar-refractivity contribution in [1.29, 1.82) is 0 Å². The van der Waals surface area contributed by atoms with E-state index in [0.717, 1.165) is 27.2 Å². The van der Waals surface area contributed by atoms with Crippen molar-refractivity contribution in [2.75, 3.05) is 20.0 Å². The first-order valence-corrected chi connectivity index (χ1v) is 7.99. The molecule has 0 atom stereocenters. The molecule has 6 heteroatoms. The number of fused-ring (bicyclic) bond motifs is 1. The van der Waals surface area contributed by atoms with Crippen LogP contribution in [0.25, 0.3) is 10.9 Å². The maximum atomic E-state index is 11.9. The molecule has 0 amide bonds. The summed E-state index contributed by atoms with van der Waals surface area (Å²) < 4.78 is 9.48. The first-order chi connectivity index (χ1) is 10.6. The number of para-hydroxylation sites is 1. The minimum atomic E-state index is -0.953. The Morgan fingerprint density at radius 3 is 2.41 bits per heavy atom. The standard InChI is InChI=1S/C16H19NO4S/c1-4-22-14-11(10-7-5-6-8-13(10)17-14)9-12(15(18)20-2)16(19)21-3/h5-8,12,17H,4,9H2,1-3H3. The van der Waals surface area contributed by atoms with Crippen molar-refractivity contribution in [2.45, 2.75) is 18.4 Å². The molecule has 0 saturated heterocycles. The molecule has 118 valence electrons. The van der Waals surface area contributed by atoms with E-state index < -0.39 is 17.9 Å². The second-order valence-corrected chi connectivity index (χ2v) is 5.99. The maximum absolute atomic E-state index is 11.9. The number of hydrogen-bond acceptors (Lipinski definition) is 5. The van der Waals surface area contributed by atoms with E-state index in [0.29, 0.717) is 0 Å². The Hall–Kier alpha value is -1.95. The molecule has 1 aromatic carbocycles. The van der Waals surface area contributed by atoms with E-state index in [9.17, 15) is 9.59 Å². The molecule has 0 bridgehead atoms. The topological polar surface area (TPSA) is 68.4 Å². The lowest BCUT2D eigenvalue weighted by Crippen LogP contribution is -2.28. The molecule has 1 N–H and O–H groups in total. The minimum Gasteiger partial charge on any atom is -0.468 e. The molecule has 0 fully saturated rings. The van der Waals surface area contributed by atoms with Crippen LogP contribution in [0, 0.1) is 5.92 Å². The number of aromatic amines is 1. The average Bonchev–Trinajstić information content (AvgIpc) is 2.89. The maximum Gasteiger partial charge on any atom is 0.320 e. The van der Waals surface area contributed by atoms with Gasteiger partial charge in [-0.2, -0.15) is 0 Å². The summed E-state index contributed by atoms with van der Waals surface area (Å²) in [6.45, 7) is 2.05. The Bertz CT molecular complexity index is 664. The predicted molar refractivity (Wildman–Crippen MR) is 85.9 cm³/mol. The van der Waals surface area contributed by atoms with Crippen molar-refractivity contribution in [3.8, 4) is 0 Å². The highest BCUT2D eigenvalue weighted by Crippen LogP contribution is 2.32. The lowest BCUT2D eigenvalue weighted by Gasteiger charge is -2.13. The Balaban J connectivity index is 2.45. The zero-order valence-electron chi connectivity index (χ0n) is 12.8. The largest absolute Gasteiger partial charge is 0.468 e. The van der Waals surface area contributed by atoms with E-state index in [1.807, 2.05) is 24.3 Å². The van der Waals surface area contributed by atoms with Crippen LogP contribution in [0.15, 0.2) is 29.3 Å². The van der Waals surface area contributed by atoms with Crippen LogP contribution in [0.3, 0.4) is 0 Å². The summed E-state index contributed by atoms with van der Waals surface area (Å²) in [6.07, 6.45) is 0.256. The van der Waals surface area contributed by atoms with Gasteiger partial charge in [-0.05, 0) is 23.8 Å². The number of aromatic nitrogens is 1. The number of methoxy groups -OCH3 is 2. The van der Waals surface area contributed by atoms with Crippen molar-refractivity contribution in [1.82, 2.24) is 4.98 Å². The van der Waals surface area contributed by atoms with Gasteiger partial charge in [0.05, 0.1) is 19.2 Å². The first-order valence-electron chi connectivity index (χ1n) is 7.00. The second-order valence-electron chi connectivity index (χ2n) is 4.71. The van der Waals surface area contributed by atoms with Crippen LogP contribution >= 0.6 is 11.8 Å². The lowest BCUT2D eigenvalue weighted by atomic mass is 9.99. The fourth-order valence-electron chi connectivity index (χ4n) is 2.40. The smallest absolute Gasteiger partial charge is 0.320 e. The van der Waals surface area contributed by atoms with E-state index >= 15 is 0 Å².